The highest BCUT2D eigenvalue weighted by Gasteiger charge is 2.29. The van der Waals surface area contributed by atoms with Gasteiger partial charge in [-0.3, -0.25) is 14.6 Å². The van der Waals surface area contributed by atoms with Crippen molar-refractivity contribution in [3.63, 3.8) is 0 Å². The molecule has 0 radical (unpaired) electrons. The van der Waals surface area contributed by atoms with Crippen LogP contribution < -0.4 is 15.4 Å². The lowest BCUT2D eigenvalue weighted by Gasteiger charge is -2.23. The van der Waals surface area contributed by atoms with Crippen LogP contribution in [0.4, 0.5) is 0 Å². The average Bonchev–Trinajstić information content (AvgIpc) is 2.73. The number of carbonyl (C=O) groups is 2. The van der Waals surface area contributed by atoms with Crippen LogP contribution in [0.5, 0.6) is 5.75 Å². The van der Waals surface area contributed by atoms with Gasteiger partial charge in [0.1, 0.15) is 11.8 Å². The van der Waals surface area contributed by atoms with Crippen molar-refractivity contribution in [1.29, 1.82) is 0 Å². The second-order valence-corrected chi connectivity index (χ2v) is 6.71. The van der Waals surface area contributed by atoms with E-state index in [4.69, 9.17) is 9.47 Å². The molecule has 1 heterocycles. The third-order valence-electron chi connectivity index (χ3n) is 4.22. The smallest absolute Gasteiger partial charge is 0.475 e. The first-order valence-corrected chi connectivity index (χ1v) is 9.46. The minimum atomic E-state index is -1.80. The summed E-state index contributed by atoms with van der Waals surface area (Å²) in [4.78, 5) is 29.0. The Morgan fingerprint density at radius 2 is 1.90 bits per heavy atom. The average molecular weight is 415 g/mol. The van der Waals surface area contributed by atoms with Crippen molar-refractivity contribution in [2.45, 2.75) is 25.3 Å². The highest BCUT2D eigenvalue weighted by Crippen LogP contribution is 2.09. The second-order valence-electron chi connectivity index (χ2n) is 6.71. The van der Waals surface area contributed by atoms with E-state index in [1.807, 2.05) is 18.2 Å². The van der Waals surface area contributed by atoms with E-state index in [0.29, 0.717) is 11.3 Å². The zero-order valence-electron chi connectivity index (χ0n) is 16.9. The molecule has 0 aliphatic heterocycles. The van der Waals surface area contributed by atoms with Crippen molar-refractivity contribution in [3.8, 4) is 5.75 Å². The summed E-state index contributed by atoms with van der Waals surface area (Å²) < 4.78 is 10.6. The van der Waals surface area contributed by atoms with Gasteiger partial charge in [0.25, 0.3) is 5.91 Å². The highest BCUT2D eigenvalue weighted by atomic mass is 16.5. The maximum Gasteiger partial charge on any atom is 0.475 e. The number of ether oxygens (including phenoxy) is 2. The molecule has 2 amide bonds. The summed E-state index contributed by atoms with van der Waals surface area (Å²) in [6, 6.07) is 9.64. The van der Waals surface area contributed by atoms with E-state index < -0.39 is 30.9 Å². The summed E-state index contributed by atoms with van der Waals surface area (Å²) in [7, 11) is -0.402. The number of pyridine rings is 1. The zero-order valence-corrected chi connectivity index (χ0v) is 16.9. The van der Waals surface area contributed by atoms with Crippen molar-refractivity contribution in [3.05, 3.63) is 59.9 Å². The van der Waals surface area contributed by atoms with Crippen LogP contribution in [0.15, 0.2) is 48.8 Å². The van der Waals surface area contributed by atoms with Gasteiger partial charge in [0, 0.05) is 25.9 Å². The first-order chi connectivity index (χ1) is 14.4. The van der Waals surface area contributed by atoms with Crippen LogP contribution in [0, 0.1) is 6.92 Å². The number of rotatable bonds is 11. The first-order valence-electron chi connectivity index (χ1n) is 9.46. The molecule has 30 heavy (non-hydrogen) atoms. The van der Waals surface area contributed by atoms with E-state index in [9.17, 15) is 19.6 Å². The Labute approximate surface area is 175 Å². The molecular weight excluding hydrogens is 389 g/mol. The summed E-state index contributed by atoms with van der Waals surface area (Å²) in [5.74, 6) is -1.45. The summed E-state index contributed by atoms with van der Waals surface area (Å²) in [5.41, 5.74) is 1.11. The number of hydrogen-bond acceptors (Lipinski definition) is 7. The molecule has 4 N–H and O–H groups in total. The molecule has 0 fully saturated rings. The molecule has 0 aliphatic rings. The number of hydrogen-bond donors (Lipinski definition) is 4. The molecule has 160 valence electrons. The van der Waals surface area contributed by atoms with Gasteiger partial charge in [-0.2, -0.15) is 0 Å². The molecule has 0 bridgehead atoms. The number of aryl methyl sites for hydroxylation is 1. The Bertz CT molecular complexity index is 821. The van der Waals surface area contributed by atoms with Crippen molar-refractivity contribution < 1.29 is 29.1 Å². The van der Waals surface area contributed by atoms with Crippen LogP contribution in [-0.2, 0) is 9.53 Å². The summed E-state index contributed by atoms with van der Waals surface area (Å²) in [6.45, 7) is 1.86. The Kier molecular flexibility index (Phi) is 9.27. The Hall–Kier alpha value is -2.95. The maximum absolute atomic E-state index is 12.6. The topological polar surface area (TPSA) is 130 Å². The molecule has 0 saturated heterocycles. The van der Waals surface area contributed by atoms with E-state index in [1.54, 1.807) is 31.3 Å². The van der Waals surface area contributed by atoms with Gasteiger partial charge in [-0.15, -0.1) is 0 Å². The molecule has 2 aromatic rings. The fourth-order valence-corrected chi connectivity index (χ4v) is 2.67. The molecule has 0 saturated carbocycles. The molecule has 0 aliphatic carbocycles. The van der Waals surface area contributed by atoms with E-state index in [-0.39, 0.29) is 19.6 Å². The minimum absolute atomic E-state index is 0.0917. The van der Waals surface area contributed by atoms with Gasteiger partial charge in [-0.05, 0) is 30.7 Å². The third-order valence-corrected chi connectivity index (χ3v) is 4.22. The number of carbonyl (C=O) groups excluding carboxylic acids is 2. The molecular formula is C20H26BN3O6. The molecule has 1 aromatic heterocycles. The van der Waals surface area contributed by atoms with Crippen molar-refractivity contribution in [2.75, 3.05) is 20.3 Å². The largest absolute Gasteiger partial charge is 0.494 e. The van der Waals surface area contributed by atoms with Gasteiger partial charge < -0.3 is 30.2 Å². The number of nitrogens with one attached hydrogen (secondary N) is 2. The van der Waals surface area contributed by atoms with Crippen LogP contribution >= 0.6 is 0 Å². The maximum atomic E-state index is 12.6. The van der Waals surface area contributed by atoms with Crippen LogP contribution in [0.1, 0.15) is 22.3 Å². The van der Waals surface area contributed by atoms with Gasteiger partial charge in [0.05, 0.1) is 24.7 Å². The monoisotopic (exact) mass is 415 g/mol. The first kappa shape index (κ1) is 23.3. The SMILES string of the molecule is COCC(NC(=O)c1cncc(C)c1)C(=O)NC(CCOc1ccccc1)B(O)O. The molecule has 2 rings (SSSR count). The number of aromatic nitrogens is 1. The molecule has 1 aromatic carbocycles. The fourth-order valence-electron chi connectivity index (χ4n) is 2.67. The van der Waals surface area contributed by atoms with Gasteiger partial charge in [-0.25, -0.2) is 0 Å². The Balaban J connectivity index is 1.95. The number of amides is 2. The second kappa shape index (κ2) is 11.9. The van der Waals surface area contributed by atoms with Crippen molar-refractivity contribution in [1.82, 2.24) is 15.6 Å². The van der Waals surface area contributed by atoms with E-state index in [1.165, 1.54) is 13.3 Å². The van der Waals surface area contributed by atoms with Gasteiger partial charge >= 0.3 is 7.12 Å². The predicted molar refractivity (Wildman–Crippen MR) is 111 cm³/mol. The van der Waals surface area contributed by atoms with E-state index >= 15 is 0 Å². The van der Waals surface area contributed by atoms with Crippen LogP contribution in [0.25, 0.3) is 0 Å². The van der Waals surface area contributed by atoms with Gasteiger partial charge in [0.2, 0.25) is 5.91 Å². The Morgan fingerprint density at radius 3 is 2.53 bits per heavy atom. The molecule has 2 atom stereocenters. The molecule has 10 heteroatoms. The summed E-state index contributed by atoms with van der Waals surface area (Å²) in [5, 5.41) is 24.3. The highest BCUT2D eigenvalue weighted by molar-refractivity contribution is 6.43. The normalized spacial score (nSPS) is 12.5. The zero-order chi connectivity index (χ0) is 21.9. The summed E-state index contributed by atoms with van der Waals surface area (Å²) in [6.07, 6.45) is 3.15. The van der Waals surface area contributed by atoms with E-state index in [2.05, 4.69) is 15.6 Å². The third kappa shape index (κ3) is 7.47. The number of methoxy groups -OCH3 is 1. The van der Waals surface area contributed by atoms with E-state index in [0.717, 1.165) is 5.56 Å². The summed E-state index contributed by atoms with van der Waals surface area (Å²) >= 11 is 0. The van der Waals surface area contributed by atoms with Crippen molar-refractivity contribution in [2.24, 2.45) is 0 Å². The lowest BCUT2D eigenvalue weighted by Crippen LogP contribution is -2.55. The lowest BCUT2D eigenvalue weighted by molar-refractivity contribution is -0.124. The number of para-hydroxylation sites is 1. The quantitative estimate of drug-likeness (QED) is 0.383. The molecule has 0 spiro atoms. The fraction of sp³-hybridized carbons (Fsp3) is 0.350. The number of nitrogens with zero attached hydrogens (tertiary/aromatic N) is 1. The van der Waals surface area contributed by atoms with Crippen molar-refractivity contribution >= 4 is 18.9 Å². The standard InChI is InChI=1S/C20H26BN3O6/c1-14-10-15(12-22-11-14)19(25)23-17(13-29-2)20(26)24-18(21(27)28)8-9-30-16-6-4-3-5-7-16/h3-7,10-12,17-18,27-28H,8-9,13H2,1-2H3,(H,23,25)(H,24,26). The number of benzene rings is 1. The van der Waals surface area contributed by atoms with Gasteiger partial charge in [-0.1, -0.05) is 18.2 Å². The molecule has 9 nitrogen and oxygen atoms in total. The Morgan fingerprint density at radius 1 is 1.17 bits per heavy atom. The predicted octanol–water partition coefficient (Wildman–Crippen LogP) is 0.101. The lowest BCUT2D eigenvalue weighted by atomic mass is 9.77. The van der Waals surface area contributed by atoms with Crippen LogP contribution in [-0.4, -0.2) is 66.3 Å². The minimum Gasteiger partial charge on any atom is -0.494 e. The van der Waals surface area contributed by atoms with Crippen LogP contribution in [0.2, 0.25) is 0 Å². The molecule has 2 unspecified atom stereocenters. The van der Waals surface area contributed by atoms with Gasteiger partial charge in [0.15, 0.2) is 0 Å². The van der Waals surface area contributed by atoms with Crippen LogP contribution in [0.3, 0.4) is 0 Å².